The van der Waals surface area contributed by atoms with Crippen LogP contribution >= 0.6 is 15.9 Å². The number of amidine groups is 1. The topological polar surface area (TPSA) is 61.8 Å². The van der Waals surface area contributed by atoms with Crippen molar-refractivity contribution in [1.29, 1.82) is 0 Å². The lowest BCUT2D eigenvalue weighted by Crippen LogP contribution is -2.33. The number of benzene rings is 1. The van der Waals surface area contributed by atoms with Crippen LogP contribution in [0.1, 0.15) is 33.3 Å². The third-order valence-corrected chi connectivity index (χ3v) is 3.53. The smallest absolute Gasteiger partial charge is 0.173 e. The first-order valence-electron chi connectivity index (χ1n) is 6.88. The Morgan fingerprint density at radius 1 is 1.25 bits per heavy atom. The Balaban J connectivity index is 3.28. The second-order valence-electron chi connectivity index (χ2n) is 5.81. The van der Waals surface area contributed by atoms with Gasteiger partial charge < -0.3 is 15.8 Å². The van der Waals surface area contributed by atoms with Gasteiger partial charge in [0.1, 0.15) is 0 Å². The summed E-state index contributed by atoms with van der Waals surface area (Å²) in [6, 6.07) is 5.89. The number of hydrogen-bond acceptors (Lipinski definition) is 3. The highest BCUT2D eigenvalue weighted by atomic mass is 79.9. The Morgan fingerprint density at radius 2 is 1.80 bits per heavy atom. The Morgan fingerprint density at radius 3 is 2.25 bits per heavy atom. The van der Waals surface area contributed by atoms with Gasteiger partial charge >= 0.3 is 0 Å². The zero-order chi connectivity index (χ0) is 15.3. The van der Waals surface area contributed by atoms with Crippen LogP contribution in [0.3, 0.4) is 0 Å². The molecule has 0 aliphatic heterocycles. The number of oxime groups is 1. The fraction of sp³-hybridized carbons (Fsp3) is 0.533. The van der Waals surface area contributed by atoms with Crippen molar-refractivity contribution >= 4 is 27.5 Å². The van der Waals surface area contributed by atoms with Gasteiger partial charge in [0.25, 0.3) is 0 Å². The molecular weight excluding hydrogens is 318 g/mol. The van der Waals surface area contributed by atoms with Crippen LogP contribution < -0.4 is 10.6 Å². The van der Waals surface area contributed by atoms with Gasteiger partial charge in [-0.1, -0.05) is 38.9 Å². The molecule has 4 nitrogen and oxygen atoms in total. The van der Waals surface area contributed by atoms with E-state index >= 15 is 0 Å². The lowest BCUT2D eigenvalue weighted by Gasteiger charge is -2.30. The second kappa shape index (κ2) is 7.53. The summed E-state index contributed by atoms with van der Waals surface area (Å²) in [7, 11) is 0. The third-order valence-electron chi connectivity index (χ3n) is 2.87. The lowest BCUT2D eigenvalue weighted by molar-refractivity contribution is 0.318. The summed E-state index contributed by atoms with van der Waals surface area (Å²) in [6.07, 6.45) is 0. The quantitative estimate of drug-likeness (QED) is 0.359. The van der Waals surface area contributed by atoms with Crippen LogP contribution in [0.4, 0.5) is 5.69 Å². The number of anilines is 1. The van der Waals surface area contributed by atoms with E-state index in [1.807, 2.05) is 18.2 Å². The zero-order valence-corrected chi connectivity index (χ0v) is 14.2. The van der Waals surface area contributed by atoms with Crippen molar-refractivity contribution in [3.8, 4) is 0 Å². The van der Waals surface area contributed by atoms with E-state index in [0.717, 1.165) is 28.8 Å². The maximum atomic E-state index is 9.01. The van der Waals surface area contributed by atoms with E-state index in [1.54, 1.807) is 0 Å². The summed E-state index contributed by atoms with van der Waals surface area (Å²) in [5, 5.41) is 12.2. The van der Waals surface area contributed by atoms with Crippen molar-refractivity contribution in [3.05, 3.63) is 28.2 Å². The van der Waals surface area contributed by atoms with Gasteiger partial charge in [0.05, 0.1) is 5.56 Å². The van der Waals surface area contributed by atoms with E-state index in [9.17, 15) is 0 Å². The molecule has 0 saturated carbocycles. The van der Waals surface area contributed by atoms with E-state index in [1.165, 1.54) is 0 Å². The number of hydrogen-bond donors (Lipinski definition) is 2. The summed E-state index contributed by atoms with van der Waals surface area (Å²) < 4.78 is 0.836. The minimum absolute atomic E-state index is 0.130. The average Bonchev–Trinajstić information content (AvgIpc) is 2.35. The highest BCUT2D eigenvalue weighted by molar-refractivity contribution is 9.10. The number of halogens is 1. The van der Waals surface area contributed by atoms with Gasteiger partial charge in [0.2, 0.25) is 0 Å². The van der Waals surface area contributed by atoms with Crippen LogP contribution in [0.15, 0.2) is 27.8 Å². The molecule has 0 amide bonds. The fourth-order valence-corrected chi connectivity index (χ4v) is 2.79. The van der Waals surface area contributed by atoms with E-state index in [4.69, 9.17) is 10.9 Å². The Hall–Kier alpha value is -1.23. The predicted molar refractivity (Wildman–Crippen MR) is 88.5 cm³/mol. The molecule has 1 rings (SSSR count). The molecule has 0 bridgehead atoms. The molecule has 0 aliphatic rings. The Bertz CT molecular complexity index is 462. The van der Waals surface area contributed by atoms with Gasteiger partial charge in [0.15, 0.2) is 5.84 Å². The Labute approximate surface area is 129 Å². The molecule has 0 fully saturated rings. The van der Waals surface area contributed by atoms with Crippen LogP contribution in [0.25, 0.3) is 0 Å². The van der Waals surface area contributed by atoms with Crippen molar-refractivity contribution in [2.24, 2.45) is 22.7 Å². The van der Waals surface area contributed by atoms with Crippen molar-refractivity contribution in [2.75, 3.05) is 18.0 Å². The van der Waals surface area contributed by atoms with Crippen molar-refractivity contribution in [1.82, 2.24) is 0 Å². The minimum Gasteiger partial charge on any atom is -0.409 e. The number of rotatable bonds is 6. The summed E-state index contributed by atoms with van der Waals surface area (Å²) in [5.74, 6) is 1.20. The normalized spacial score (nSPS) is 12.2. The predicted octanol–water partition coefficient (Wildman–Crippen LogP) is 3.66. The van der Waals surface area contributed by atoms with Crippen LogP contribution in [0.2, 0.25) is 0 Å². The highest BCUT2D eigenvalue weighted by Gasteiger charge is 2.18. The van der Waals surface area contributed by atoms with Crippen LogP contribution in [-0.2, 0) is 0 Å². The molecule has 0 aliphatic carbocycles. The number of nitrogens with zero attached hydrogens (tertiary/aromatic N) is 2. The summed E-state index contributed by atoms with van der Waals surface area (Å²) in [4.78, 5) is 2.30. The summed E-state index contributed by atoms with van der Waals surface area (Å²) in [5.41, 5.74) is 7.58. The maximum absolute atomic E-state index is 9.01. The molecule has 0 radical (unpaired) electrons. The molecule has 0 aromatic heterocycles. The molecule has 1 aromatic rings. The van der Waals surface area contributed by atoms with Gasteiger partial charge in [-0.25, -0.2) is 0 Å². The van der Waals surface area contributed by atoms with Gasteiger partial charge in [-0.3, -0.25) is 0 Å². The summed E-state index contributed by atoms with van der Waals surface area (Å²) in [6.45, 7) is 10.6. The standard InChI is InChI=1S/C15H24BrN3O/c1-10(2)8-19(9-11(3)4)13-7-5-6-12(16)14(13)15(17)18-20/h5-7,10-11,20H,8-9H2,1-4H3,(H2,17,18). The van der Waals surface area contributed by atoms with E-state index in [-0.39, 0.29) is 5.84 Å². The molecule has 0 spiro atoms. The van der Waals surface area contributed by atoms with Gasteiger partial charge in [-0.05, 0) is 39.9 Å². The number of nitrogens with two attached hydrogens (primary N) is 1. The first kappa shape index (κ1) is 16.8. The molecule has 3 N–H and O–H groups in total. The lowest BCUT2D eigenvalue weighted by atomic mass is 10.1. The van der Waals surface area contributed by atoms with Gasteiger partial charge in [-0.15, -0.1) is 0 Å². The highest BCUT2D eigenvalue weighted by Crippen LogP contribution is 2.29. The molecule has 0 saturated heterocycles. The molecule has 0 heterocycles. The molecule has 112 valence electrons. The molecule has 1 aromatic carbocycles. The van der Waals surface area contributed by atoms with Crippen LogP contribution in [0.5, 0.6) is 0 Å². The SMILES string of the molecule is CC(C)CN(CC(C)C)c1cccc(Br)c1/C(N)=N/O. The average molecular weight is 342 g/mol. The molecular formula is C15H24BrN3O. The van der Waals surface area contributed by atoms with Crippen molar-refractivity contribution in [2.45, 2.75) is 27.7 Å². The fourth-order valence-electron chi connectivity index (χ4n) is 2.23. The minimum atomic E-state index is 0.130. The molecule has 5 heteroatoms. The second-order valence-corrected chi connectivity index (χ2v) is 6.67. The molecule has 20 heavy (non-hydrogen) atoms. The maximum Gasteiger partial charge on any atom is 0.173 e. The molecule has 0 unspecified atom stereocenters. The van der Waals surface area contributed by atoms with Gasteiger partial charge in [0, 0.05) is 23.2 Å². The van der Waals surface area contributed by atoms with E-state index < -0.39 is 0 Å². The summed E-state index contributed by atoms with van der Waals surface area (Å²) >= 11 is 3.49. The zero-order valence-electron chi connectivity index (χ0n) is 12.6. The van der Waals surface area contributed by atoms with Crippen molar-refractivity contribution in [3.63, 3.8) is 0 Å². The monoisotopic (exact) mass is 341 g/mol. The largest absolute Gasteiger partial charge is 0.409 e. The van der Waals surface area contributed by atoms with E-state index in [2.05, 4.69) is 53.7 Å². The third kappa shape index (κ3) is 4.40. The first-order chi connectivity index (χ1) is 9.36. The van der Waals surface area contributed by atoms with Crippen molar-refractivity contribution < 1.29 is 5.21 Å². The Kier molecular flexibility index (Phi) is 6.33. The van der Waals surface area contributed by atoms with Crippen LogP contribution in [-0.4, -0.2) is 24.1 Å². The van der Waals surface area contributed by atoms with Crippen LogP contribution in [0, 0.1) is 11.8 Å². The molecule has 0 atom stereocenters. The van der Waals surface area contributed by atoms with E-state index in [0.29, 0.717) is 11.8 Å². The first-order valence-corrected chi connectivity index (χ1v) is 7.67. The van der Waals surface area contributed by atoms with Gasteiger partial charge in [-0.2, -0.15) is 0 Å².